The van der Waals surface area contributed by atoms with E-state index >= 15 is 0 Å². The molecule has 9 nitrogen and oxygen atoms in total. The Labute approximate surface area is 235 Å². The number of thiazole rings is 1. The first kappa shape index (κ1) is 27.3. The number of nitrogens with zero attached hydrogens (tertiary/aromatic N) is 4. The SMILES string of the molecule is CCOC(=O)C1=C(C)N=c2s/c(=C/[C@H]3C(=O)N(c4ccccc4)N=C3C)c(=O)n2[C@H]1c1ccccc1OC(C)C. The molecule has 1 aromatic heterocycles. The zero-order valence-corrected chi connectivity index (χ0v) is 23.8. The van der Waals surface area contributed by atoms with E-state index in [1.165, 1.54) is 20.9 Å². The number of benzene rings is 2. The minimum Gasteiger partial charge on any atom is -0.491 e. The molecule has 0 N–H and O–H groups in total. The fourth-order valence-electron chi connectivity index (χ4n) is 4.84. The molecule has 206 valence electrons. The Morgan fingerprint density at radius 2 is 1.77 bits per heavy atom. The van der Waals surface area contributed by atoms with Gasteiger partial charge in [-0.15, -0.1) is 0 Å². The molecule has 1 amide bonds. The number of aromatic nitrogens is 1. The lowest BCUT2D eigenvalue weighted by Crippen LogP contribution is -2.40. The predicted octanol–water partition coefficient (Wildman–Crippen LogP) is 3.58. The number of hydrogen-bond acceptors (Lipinski definition) is 8. The molecular weight excluding hydrogens is 528 g/mol. The number of fused-ring (bicyclic) bond motifs is 1. The van der Waals surface area contributed by atoms with Crippen LogP contribution in [0.4, 0.5) is 5.69 Å². The van der Waals surface area contributed by atoms with Crippen molar-refractivity contribution in [3.05, 3.63) is 91.1 Å². The maximum atomic E-state index is 14.0. The average Bonchev–Trinajstić information content (AvgIpc) is 3.38. The van der Waals surface area contributed by atoms with Gasteiger partial charge in [0.25, 0.3) is 11.5 Å². The van der Waals surface area contributed by atoms with Crippen molar-refractivity contribution in [2.24, 2.45) is 16.0 Å². The number of hydrogen-bond donors (Lipinski definition) is 0. The number of para-hydroxylation sites is 2. The van der Waals surface area contributed by atoms with Gasteiger partial charge in [-0.05, 0) is 58.9 Å². The zero-order chi connectivity index (χ0) is 28.6. The maximum Gasteiger partial charge on any atom is 0.338 e. The lowest BCUT2D eigenvalue weighted by molar-refractivity contribution is -0.139. The van der Waals surface area contributed by atoms with E-state index in [1.54, 1.807) is 39.0 Å². The number of ether oxygens (including phenoxy) is 2. The molecule has 0 radical (unpaired) electrons. The highest BCUT2D eigenvalue weighted by molar-refractivity contribution is 7.07. The van der Waals surface area contributed by atoms with Gasteiger partial charge < -0.3 is 9.47 Å². The number of hydrazone groups is 1. The Kier molecular flexibility index (Phi) is 7.53. The van der Waals surface area contributed by atoms with E-state index < -0.39 is 17.9 Å². The third-order valence-corrected chi connectivity index (χ3v) is 7.60. The molecule has 2 aliphatic rings. The van der Waals surface area contributed by atoms with Crippen molar-refractivity contribution in [3.8, 4) is 5.75 Å². The summed E-state index contributed by atoms with van der Waals surface area (Å²) in [4.78, 5) is 45.6. The third-order valence-electron chi connectivity index (χ3n) is 6.59. The number of rotatable bonds is 7. The smallest absolute Gasteiger partial charge is 0.338 e. The molecule has 0 spiro atoms. The summed E-state index contributed by atoms with van der Waals surface area (Å²) in [5.41, 5.74) is 2.24. The number of amides is 1. The van der Waals surface area contributed by atoms with Gasteiger partial charge in [-0.25, -0.2) is 9.79 Å². The molecule has 10 heteroatoms. The van der Waals surface area contributed by atoms with Gasteiger partial charge in [-0.3, -0.25) is 14.2 Å². The normalized spacial score (nSPS) is 19.1. The first-order valence-electron chi connectivity index (χ1n) is 13.1. The van der Waals surface area contributed by atoms with Crippen LogP contribution in [0.25, 0.3) is 6.08 Å². The van der Waals surface area contributed by atoms with E-state index in [9.17, 15) is 14.4 Å². The summed E-state index contributed by atoms with van der Waals surface area (Å²) in [6.45, 7) is 9.24. The number of carbonyl (C=O) groups is 2. The second kappa shape index (κ2) is 11.1. The van der Waals surface area contributed by atoms with Crippen molar-refractivity contribution >= 4 is 40.7 Å². The van der Waals surface area contributed by atoms with E-state index in [0.29, 0.717) is 37.7 Å². The molecule has 0 unspecified atom stereocenters. The van der Waals surface area contributed by atoms with Crippen LogP contribution < -0.4 is 24.6 Å². The Morgan fingerprint density at radius 3 is 2.48 bits per heavy atom. The Balaban J connectivity index is 1.66. The third kappa shape index (κ3) is 4.90. The van der Waals surface area contributed by atoms with Crippen molar-refractivity contribution in [1.82, 2.24) is 4.57 Å². The van der Waals surface area contributed by atoms with E-state index in [0.717, 1.165) is 0 Å². The molecule has 3 aromatic rings. The molecule has 0 bridgehead atoms. The number of carbonyl (C=O) groups excluding carboxylic acids is 2. The highest BCUT2D eigenvalue weighted by Crippen LogP contribution is 2.36. The summed E-state index contributed by atoms with van der Waals surface area (Å²) in [6, 6.07) is 15.7. The lowest BCUT2D eigenvalue weighted by atomic mass is 9.95. The van der Waals surface area contributed by atoms with Crippen LogP contribution in [0, 0.1) is 5.92 Å². The lowest BCUT2D eigenvalue weighted by Gasteiger charge is -2.26. The number of allylic oxidation sites excluding steroid dienone is 1. The van der Waals surface area contributed by atoms with E-state index in [4.69, 9.17) is 9.47 Å². The van der Waals surface area contributed by atoms with Crippen molar-refractivity contribution < 1.29 is 19.1 Å². The van der Waals surface area contributed by atoms with Gasteiger partial charge in [0.1, 0.15) is 17.7 Å². The molecule has 2 atom stereocenters. The quantitative estimate of drug-likeness (QED) is 0.413. The maximum absolute atomic E-state index is 14.0. The average molecular weight is 559 g/mol. The van der Waals surface area contributed by atoms with Gasteiger partial charge in [-0.1, -0.05) is 47.7 Å². The van der Waals surface area contributed by atoms with Crippen LogP contribution in [0.2, 0.25) is 0 Å². The van der Waals surface area contributed by atoms with Crippen LogP contribution in [0.1, 0.15) is 46.2 Å². The van der Waals surface area contributed by atoms with Crippen molar-refractivity contribution in [1.29, 1.82) is 0 Å². The summed E-state index contributed by atoms with van der Waals surface area (Å²) >= 11 is 1.17. The van der Waals surface area contributed by atoms with E-state index in [1.807, 2.05) is 56.3 Å². The zero-order valence-electron chi connectivity index (χ0n) is 23.0. The van der Waals surface area contributed by atoms with Crippen LogP contribution in [-0.2, 0) is 14.3 Å². The van der Waals surface area contributed by atoms with E-state index in [-0.39, 0.29) is 29.8 Å². The molecule has 3 heterocycles. The van der Waals surface area contributed by atoms with Crippen molar-refractivity contribution in [2.45, 2.75) is 46.8 Å². The standard InChI is InChI=1S/C30H30N4O5S/c1-6-38-29(37)25-19(5)31-30-33(26(25)21-14-10-11-15-23(21)39-17(2)3)28(36)24(40-30)16-22-18(4)32-34(27(22)35)20-12-8-7-9-13-20/h7-17,22,26H,6H2,1-5H3/b24-16+/t22-,26+/m1/s1. The summed E-state index contributed by atoms with van der Waals surface area (Å²) in [7, 11) is 0. The first-order valence-corrected chi connectivity index (χ1v) is 13.9. The molecule has 2 aliphatic heterocycles. The van der Waals surface area contributed by atoms with Gasteiger partial charge in [0.2, 0.25) is 0 Å². The molecule has 40 heavy (non-hydrogen) atoms. The number of anilines is 1. The van der Waals surface area contributed by atoms with Gasteiger partial charge in [0, 0.05) is 5.56 Å². The Bertz CT molecular complexity index is 1720. The van der Waals surface area contributed by atoms with Gasteiger partial charge in [0.15, 0.2) is 4.80 Å². The molecule has 0 saturated heterocycles. The van der Waals surface area contributed by atoms with Crippen LogP contribution >= 0.6 is 11.3 Å². The van der Waals surface area contributed by atoms with Crippen molar-refractivity contribution in [2.75, 3.05) is 11.6 Å². The number of esters is 1. The fourth-order valence-corrected chi connectivity index (χ4v) is 5.90. The van der Waals surface area contributed by atoms with Crippen molar-refractivity contribution in [3.63, 3.8) is 0 Å². The minimum absolute atomic E-state index is 0.128. The second-order valence-electron chi connectivity index (χ2n) is 9.73. The molecule has 0 fully saturated rings. The first-order chi connectivity index (χ1) is 19.2. The van der Waals surface area contributed by atoms with Crippen LogP contribution in [0.5, 0.6) is 5.75 Å². The summed E-state index contributed by atoms with van der Waals surface area (Å²) in [5, 5.41) is 5.81. The van der Waals surface area contributed by atoms with Gasteiger partial charge >= 0.3 is 5.97 Å². The molecule has 0 saturated carbocycles. The van der Waals surface area contributed by atoms with Crippen LogP contribution in [0.15, 0.2) is 80.8 Å². The van der Waals surface area contributed by atoms with Gasteiger partial charge in [0.05, 0.1) is 39.9 Å². The second-order valence-corrected chi connectivity index (χ2v) is 10.7. The molecule has 5 rings (SSSR count). The molecular formula is C30H30N4O5S. The highest BCUT2D eigenvalue weighted by atomic mass is 32.1. The molecule has 2 aromatic carbocycles. The van der Waals surface area contributed by atoms with E-state index in [2.05, 4.69) is 10.1 Å². The minimum atomic E-state index is -0.817. The summed E-state index contributed by atoms with van der Waals surface area (Å²) in [6.07, 6.45) is 1.52. The van der Waals surface area contributed by atoms with Gasteiger partial charge in [-0.2, -0.15) is 10.1 Å². The predicted molar refractivity (Wildman–Crippen MR) is 154 cm³/mol. The Hall–Kier alpha value is -4.31. The molecule has 0 aliphatic carbocycles. The summed E-state index contributed by atoms with van der Waals surface area (Å²) in [5.74, 6) is -0.941. The fraction of sp³-hybridized carbons (Fsp3) is 0.300. The van der Waals surface area contributed by atoms with Crippen LogP contribution in [-0.4, -0.2) is 34.9 Å². The van der Waals surface area contributed by atoms with Crippen LogP contribution in [0.3, 0.4) is 0 Å². The summed E-state index contributed by atoms with van der Waals surface area (Å²) < 4.78 is 13.3. The highest BCUT2D eigenvalue weighted by Gasteiger charge is 2.36. The monoisotopic (exact) mass is 558 g/mol. The Morgan fingerprint density at radius 1 is 1.07 bits per heavy atom. The topological polar surface area (TPSA) is 103 Å². The largest absolute Gasteiger partial charge is 0.491 e.